The zero-order chi connectivity index (χ0) is 14.1. The van der Waals surface area contributed by atoms with E-state index < -0.39 is 0 Å². The topological polar surface area (TPSA) is 38.3 Å². The molecule has 0 fully saturated rings. The second-order valence-corrected chi connectivity index (χ2v) is 4.12. The first-order chi connectivity index (χ1) is 9.19. The van der Waals surface area contributed by atoms with Crippen LogP contribution < -0.4 is 10.1 Å². The number of rotatable bonds is 6. The predicted molar refractivity (Wildman–Crippen MR) is 77.7 cm³/mol. The fourth-order valence-corrected chi connectivity index (χ4v) is 1.59. The zero-order valence-electron chi connectivity index (χ0n) is 11.3. The van der Waals surface area contributed by atoms with Crippen LogP contribution in [0.25, 0.3) is 6.08 Å². The Bertz CT molecular complexity index is 469. The third-order valence-corrected chi connectivity index (χ3v) is 2.64. The molecule has 1 unspecified atom stereocenters. The standard InChI is InChI=1S/C16H19NO2/c1-4-6-14(5-2)17-16(18)12-9-13-7-10-15(19-3)11-8-13/h2,7-12,14H,4,6H2,1,3H3,(H,17,18)/b12-9+. The number of carbonyl (C=O) groups excluding carboxylic acids is 1. The summed E-state index contributed by atoms with van der Waals surface area (Å²) in [4.78, 5) is 11.7. The molecular weight excluding hydrogens is 238 g/mol. The largest absolute Gasteiger partial charge is 0.497 e. The first-order valence-corrected chi connectivity index (χ1v) is 6.28. The van der Waals surface area contributed by atoms with Crippen molar-refractivity contribution in [2.75, 3.05) is 7.11 Å². The Labute approximate surface area is 114 Å². The van der Waals surface area contributed by atoms with Gasteiger partial charge in [0.1, 0.15) is 5.75 Å². The molecule has 0 saturated heterocycles. The Hall–Kier alpha value is -2.21. The van der Waals surface area contributed by atoms with Crippen molar-refractivity contribution in [1.82, 2.24) is 5.32 Å². The summed E-state index contributed by atoms with van der Waals surface area (Å²) < 4.78 is 5.06. The molecule has 0 radical (unpaired) electrons. The lowest BCUT2D eigenvalue weighted by Gasteiger charge is -2.09. The van der Waals surface area contributed by atoms with Gasteiger partial charge in [-0.1, -0.05) is 31.4 Å². The maximum atomic E-state index is 11.7. The van der Waals surface area contributed by atoms with Crippen molar-refractivity contribution in [2.45, 2.75) is 25.8 Å². The minimum absolute atomic E-state index is 0.174. The first kappa shape index (κ1) is 14.8. The maximum absolute atomic E-state index is 11.7. The van der Waals surface area contributed by atoms with Crippen LogP contribution in [0, 0.1) is 12.3 Å². The van der Waals surface area contributed by atoms with Gasteiger partial charge >= 0.3 is 0 Å². The van der Waals surface area contributed by atoms with Gasteiger partial charge in [0.05, 0.1) is 13.2 Å². The lowest BCUT2D eigenvalue weighted by molar-refractivity contribution is -0.116. The lowest BCUT2D eigenvalue weighted by atomic mass is 10.1. The summed E-state index contributed by atoms with van der Waals surface area (Å²) in [7, 11) is 1.62. The third kappa shape index (κ3) is 5.31. The fraction of sp³-hybridized carbons (Fsp3) is 0.312. The third-order valence-electron chi connectivity index (χ3n) is 2.64. The van der Waals surface area contributed by atoms with Gasteiger partial charge in [0.15, 0.2) is 0 Å². The highest BCUT2D eigenvalue weighted by Gasteiger charge is 2.05. The molecule has 19 heavy (non-hydrogen) atoms. The molecule has 1 rings (SSSR count). The van der Waals surface area contributed by atoms with Gasteiger partial charge in [-0.3, -0.25) is 4.79 Å². The summed E-state index contributed by atoms with van der Waals surface area (Å²) >= 11 is 0. The molecule has 0 aliphatic rings. The summed E-state index contributed by atoms with van der Waals surface area (Å²) in [6, 6.07) is 7.26. The van der Waals surface area contributed by atoms with Gasteiger partial charge in [0.25, 0.3) is 0 Å². The molecule has 3 nitrogen and oxygen atoms in total. The molecule has 1 amide bonds. The van der Waals surface area contributed by atoms with Gasteiger partial charge in [-0.15, -0.1) is 6.42 Å². The Morgan fingerprint density at radius 2 is 2.16 bits per heavy atom. The van der Waals surface area contributed by atoms with Crippen molar-refractivity contribution in [1.29, 1.82) is 0 Å². The highest BCUT2D eigenvalue weighted by atomic mass is 16.5. The van der Waals surface area contributed by atoms with E-state index in [0.717, 1.165) is 24.2 Å². The van der Waals surface area contributed by atoms with Crippen LogP contribution in [0.4, 0.5) is 0 Å². The number of amides is 1. The van der Waals surface area contributed by atoms with Crippen LogP contribution in [0.2, 0.25) is 0 Å². The molecule has 3 heteroatoms. The molecule has 0 saturated carbocycles. The van der Waals surface area contributed by atoms with Crippen LogP contribution in [-0.4, -0.2) is 19.1 Å². The molecular formula is C16H19NO2. The first-order valence-electron chi connectivity index (χ1n) is 6.28. The van der Waals surface area contributed by atoms with Gasteiger partial charge in [-0.25, -0.2) is 0 Å². The van der Waals surface area contributed by atoms with Crippen LogP contribution >= 0.6 is 0 Å². The SMILES string of the molecule is C#CC(CCC)NC(=O)/C=C/c1ccc(OC)cc1. The van der Waals surface area contributed by atoms with E-state index in [1.807, 2.05) is 31.2 Å². The van der Waals surface area contributed by atoms with E-state index in [4.69, 9.17) is 11.2 Å². The van der Waals surface area contributed by atoms with E-state index >= 15 is 0 Å². The van der Waals surface area contributed by atoms with Gasteiger partial charge in [-0.05, 0) is 30.2 Å². The van der Waals surface area contributed by atoms with Crippen molar-refractivity contribution in [3.05, 3.63) is 35.9 Å². The number of ether oxygens (including phenoxy) is 1. The predicted octanol–water partition coefficient (Wildman–Crippen LogP) is 2.63. The van der Waals surface area contributed by atoms with Crippen molar-refractivity contribution in [2.24, 2.45) is 0 Å². The lowest BCUT2D eigenvalue weighted by Crippen LogP contribution is -2.32. The van der Waals surface area contributed by atoms with Crippen LogP contribution in [0.3, 0.4) is 0 Å². The van der Waals surface area contributed by atoms with Crippen LogP contribution in [0.15, 0.2) is 30.3 Å². The molecule has 0 aliphatic heterocycles. The zero-order valence-corrected chi connectivity index (χ0v) is 11.3. The fourth-order valence-electron chi connectivity index (χ4n) is 1.59. The normalized spacial score (nSPS) is 11.8. The number of nitrogens with one attached hydrogen (secondary N) is 1. The molecule has 0 aromatic heterocycles. The van der Waals surface area contributed by atoms with Crippen molar-refractivity contribution in [3.8, 4) is 18.1 Å². The Morgan fingerprint density at radius 1 is 1.47 bits per heavy atom. The molecule has 0 bridgehead atoms. The van der Waals surface area contributed by atoms with Gasteiger partial charge in [0.2, 0.25) is 5.91 Å². The van der Waals surface area contributed by atoms with E-state index in [-0.39, 0.29) is 11.9 Å². The van der Waals surface area contributed by atoms with E-state index in [1.54, 1.807) is 13.2 Å². The van der Waals surface area contributed by atoms with Crippen molar-refractivity contribution < 1.29 is 9.53 Å². The van der Waals surface area contributed by atoms with Gasteiger partial charge in [-0.2, -0.15) is 0 Å². The molecule has 1 N–H and O–H groups in total. The number of hydrogen-bond donors (Lipinski definition) is 1. The monoisotopic (exact) mass is 257 g/mol. The molecule has 1 atom stereocenters. The quantitative estimate of drug-likeness (QED) is 0.628. The highest BCUT2D eigenvalue weighted by molar-refractivity contribution is 5.92. The van der Waals surface area contributed by atoms with Crippen LogP contribution in [0.1, 0.15) is 25.3 Å². The summed E-state index contributed by atoms with van der Waals surface area (Å²) in [6.07, 6.45) is 10.3. The average Bonchev–Trinajstić information content (AvgIpc) is 2.45. The highest BCUT2D eigenvalue weighted by Crippen LogP contribution is 2.12. The van der Waals surface area contributed by atoms with E-state index in [1.165, 1.54) is 6.08 Å². The number of hydrogen-bond acceptors (Lipinski definition) is 2. The Morgan fingerprint density at radius 3 is 2.68 bits per heavy atom. The summed E-state index contributed by atoms with van der Waals surface area (Å²) in [6.45, 7) is 2.03. The van der Waals surface area contributed by atoms with Crippen molar-refractivity contribution in [3.63, 3.8) is 0 Å². The number of carbonyl (C=O) groups is 1. The summed E-state index contributed by atoms with van der Waals surface area (Å²) in [5.41, 5.74) is 0.934. The average molecular weight is 257 g/mol. The smallest absolute Gasteiger partial charge is 0.244 e. The number of methoxy groups -OCH3 is 1. The molecule has 0 heterocycles. The Kier molecular flexibility index (Phi) is 6.25. The summed E-state index contributed by atoms with van der Waals surface area (Å²) in [5.74, 6) is 3.18. The van der Waals surface area contributed by atoms with E-state index in [9.17, 15) is 4.79 Å². The van der Waals surface area contributed by atoms with Crippen molar-refractivity contribution >= 4 is 12.0 Å². The minimum Gasteiger partial charge on any atom is -0.497 e. The number of terminal acetylenes is 1. The molecule has 1 aromatic rings. The molecule has 0 spiro atoms. The number of benzene rings is 1. The van der Waals surface area contributed by atoms with E-state index in [0.29, 0.717) is 0 Å². The summed E-state index contributed by atoms with van der Waals surface area (Å²) in [5, 5.41) is 2.77. The van der Waals surface area contributed by atoms with Crippen LogP contribution in [-0.2, 0) is 4.79 Å². The second-order valence-electron chi connectivity index (χ2n) is 4.12. The molecule has 100 valence electrons. The molecule has 0 aliphatic carbocycles. The minimum atomic E-state index is -0.196. The van der Waals surface area contributed by atoms with Gasteiger partial charge < -0.3 is 10.1 Å². The van der Waals surface area contributed by atoms with E-state index in [2.05, 4.69) is 11.2 Å². The second kappa shape index (κ2) is 7.99. The Balaban J connectivity index is 2.55. The van der Waals surface area contributed by atoms with Gasteiger partial charge in [0, 0.05) is 6.08 Å². The molecule has 1 aromatic carbocycles. The maximum Gasteiger partial charge on any atom is 0.244 e. The van der Waals surface area contributed by atoms with Crippen LogP contribution in [0.5, 0.6) is 5.75 Å².